The largest absolute Gasteiger partial charge is 0.496 e. The van der Waals surface area contributed by atoms with E-state index in [1.165, 1.54) is 7.11 Å². The number of carbonyl (C=O) groups is 3. The molecule has 2 aliphatic heterocycles. The number of nitrogens with zero attached hydrogens (tertiary/aromatic N) is 1. The van der Waals surface area contributed by atoms with E-state index in [-0.39, 0.29) is 11.3 Å². The van der Waals surface area contributed by atoms with Crippen LogP contribution in [0.15, 0.2) is 36.4 Å². The maximum absolute atomic E-state index is 13.1. The normalized spacial score (nSPS) is 16.3. The molecule has 2 amide bonds. The molecule has 0 aromatic heterocycles. The highest BCUT2D eigenvalue weighted by Gasteiger charge is 2.44. The van der Waals surface area contributed by atoms with Crippen molar-refractivity contribution in [3.8, 4) is 11.5 Å². The number of hydrogen-bond donors (Lipinski definition) is 1. The fourth-order valence-corrected chi connectivity index (χ4v) is 4.70. The molecule has 1 saturated heterocycles. The Labute approximate surface area is 205 Å². The summed E-state index contributed by atoms with van der Waals surface area (Å²) in [6.07, 6.45) is 1.78. The molecule has 0 unspecified atom stereocenters. The van der Waals surface area contributed by atoms with Crippen molar-refractivity contribution in [3.05, 3.63) is 58.7 Å². The fourth-order valence-electron chi connectivity index (χ4n) is 4.70. The number of amides is 2. The summed E-state index contributed by atoms with van der Waals surface area (Å²) in [5, 5.41) is 2.81. The van der Waals surface area contributed by atoms with Crippen LogP contribution in [0.5, 0.6) is 11.5 Å². The van der Waals surface area contributed by atoms with Gasteiger partial charge in [0.15, 0.2) is 6.29 Å². The molecule has 8 nitrogen and oxygen atoms in total. The second kappa shape index (κ2) is 9.60. The third kappa shape index (κ3) is 5.26. The van der Waals surface area contributed by atoms with Crippen molar-refractivity contribution in [1.29, 1.82) is 0 Å². The second-order valence-electron chi connectivity index (χ2n) is 10.1. The number of piperidine rings is 1. The molecule has 0 radical (unpaired) electrons. The molecule has 0 atom stereocenters. The molecule has 8 heteroatoms. The van der Waals surface area contributed by atoms with E-state index in [9.17, 15) is 14.4 Å². The van der Waals surface area contributed by atoms with Gasteiger partial charge in [0, 0.05) is 36.2 Å². The fraction of sp³-hybridized carbons (Fsp3) is 0.444. The molecule has 186 valence electrons. The summed E-state index contributed by atoms with van der Waals surface area (Å²) >= 11 is 0. The molecule has 0 saturated carbocycles. The van der Waals surface area contributed by atoms with E-state index in [1.54, 1.807) is 18.2 Å². The van der Waals surface area contributed by atoms with Crippen molar-refractivity contribution in [2.45, 2.75) is 51.2 Å². The summed E-state index contributed by atoms with van der Waals surface area (Å²) in [4.78, 5) is 38.3. The monoisotopic (exact) mass is 480 g/mol. The maximum Gasteiger partial charge on any atom is 0.407 e. The molecular formula is C27H32N2O6. The molecule has 1 N–H and O–H groups in total. The number of likely N-dealkylation sites (tertiary alicyclic amines) is 1. The van der Waals surface area contributed by atoms with Crippen molar-refractivity contribution < 1.29 is 28.6 Å². The molecule has 1 fully saturated rings. The number of methoxy groups -OCH3 is 1. The van der Waals surface area contributed by atoms with E-state index in [4.69, 9.17) is 14.2 Å². The Hall–Kier alpha value is -3.55. The Bertz CT molecular complexity index is 1130. The predicted octanol–water partition coefficient (Wildman–Crippen LogP) is 4.10. The molecule has 1 spiro atoms. The van der Waals surface area contributed by atoms with Crippen LogP contribution in [0.1, 0.15) is 65.5 Å². The smallest absolute Gasteiger partial charge is 0.407 e. The third-order valence-electron chi connectivity index (χ3n) is 6.57. The highest BCUT2D eigenvalue weighted by molar-refractivity contribution is 5.96. The Kier molecular flexibility index (Phi) is 6.74. The molecule has 0 bridgehead atoms. The van der Waals surface area contributed by atoms with Gasteiger partial charge in [0.2, 0.25) is 0 Å². The number of ether oxygens (including phenoxy) is 3. The van der Waals surface area contributed by atoms with Gasteiger partial charge in [-0.15, -0.1) is 0 Å². The van der Waals surface area contributed by atoms with Gasteiger partial charge in [-0.2, -0.15) is 0 Å². The topological polar surface area (TPSA) is 94.2 Å². The van der Waals surface area contributed by atoms with Crippen LogP contribution in [0.3, 0.4) is 0 Å². The van der Waals surface area contributed by atoms with Crippen LogP contribution in [0.2, 0.25) is 0 Å². The zero-order valence-electron chi connectivity index (χ0n) is 20.7. The molecule has 2 aromatic rings. The maximum atomic E-state index is 13.1. The highest BCUT2D eigenvalue weighted by atomic mass is 16.6. The first-order chi connectivity index (χ1) is 16.6. The number of nitrogens with one attached hydrogen (secondary N) is 1. The molecular weight excluding hydrogens is 448 g/mol. The molecule has 35 heavy (non-hydrogen) atoms. The Morgan fingerprint density at radius 2 is 1.89 bits per heavy atom. The zero-order chi connectivity index (χ0) is 25.2. The number of rotatable bonds is 5. The molecule has 4 rings (SSSR count). The first kappa shape index (κ1) is 24.6. The minimum Gasteiger partial charge on any atom is -0.496 e. The van der Waals surface area contributed by atoms with Crippen molar-refractivity contribution in [2.24, 2.45) is 0 Å². The summed E-state index contributed by atoms with van der Waals surface area (Å²) < 4.78 is 16.5. The van der Waals surface area contributed by atoms with Gasteiger partial charge in [-0.25, -0.2) is 4.79 Å². The Morgan fingerprint density at radius 1 is 1.14 bits per heavy atom. The van der Waals surface area contributed by atoms with E-state index in [0.29, 0.717) is 49.4 Å². The number of carbonyl (C=O) groups excluding carboxylic acids is 3. The van der Waals surface area contributed by atoms with Crippen molar-refractivity contribution in [3.63, 3.8) is 0 Å². The van der Waals surface area contributed by atoms with Gasteiger partial charge in [-0.05, 0) is 69.5 Å². The van der Waals surface area contributed by atoms with Crippen LogP contribution >= 0.6 is 0 Å². The number of fused-ring (bicyclic) bond motifs is 2. The third-order valence-corrected chi connectivity index (χ3v) is 6.57. The van der Waals surface area contributed by atoms with Gasteiger partial charge in [0.1, 0.15) is 17.1 Å². The molecule has 2 aromatic carbocycles. The van der Waals surface area contributed by atoms with Crippen LogP contribution in [0.25, 0.3) is 0 Å². The minimum absolute atomic E-state index is 0.0972. The first-order valence-electron chi connectivity index (χ1n) is 11.8. The van der Waals surface area contributed by atoms with Gasteiger partial charge in [0.25, 0.3) is 5.91 Å². The first-order valence-corrected chi connectivity index (χ1v) is 11.8. The van der Waals surface area contributed by atoms with Crippen molar-refractivity contribution in [1.82, 2.24) is 10.2 Å². The number of alkyl carbamates (subject to hydrolysis) is 1. The van der Waals surface area contributed by atoms with E-state index in [2.05, 4.69) is 11.4 Å². The standard InChI is InChI=1S/C27H32N2O6/c1-26(2,3)35-25(32)28-15-18-5-7-23-21(13-18)27(17-34-23)9-11-29(12-10-27)24(31)19-6-8-22(33-4)20(14-19)16-30/h5-8,13-14,16H,9-12,15,17H2,1-4H3,(H,28,32). The van der Waals surface area contributed by atoms with Crippen LogP contribution in [0, 0.1) is 0 Å². The number of benzene rings is 2. The summed E-state index contributed by atoms with van der Waals surface area (Å²) in [7, 11) is 1.49. The second-order valence-corrected chi connectivity index (χ2v) is 10.1. The van der Waals surface area contributed by atoms with Gasteiger partial charge in [0.05, 0.1) is 19.3 Å². The lowest BCUT2D eigenvalue weighted by Gasteiger charge is -2.38. The number of hydrogen-bond acceptors (Lipinski definition) is 6. The van der Waals surface area contributed by atoms with E-state index in [0.717, 1.165) is 29.7 Å². The van der Waals surface area contributed by atoms with E-state index >= 15 is 0 Å². The van der Waals surface area contributed by atoms with Gasteiger partial charge in [-0.3, -0.25) is 9.59 Å². The van der Waals surface area contributed by atoms with Crippen molar-refractivity contribution >= 4 is 18.3 Å². The molecule has 2 heterocycles. The minimum atomic E-state index is -0.550. The lowest BCUT2D eigenvalue weighted by molar-refractivity contribution is 0.0523. The summed E-state index contributed by atoms with van der Waals surface area (Å²) in [6.45, 7) is 7.60. The van der Waals surface area contributed by atoms with Gasteiger partial charge >= 0.3 is 6.09 Å². The SMILES string of the molecule is COc1ccc(C(=O)N2CCC3(CC2)COc2ccc(CNC(=O)OC(C)(C)C)cc23)cc1C=O. The van der Waals surface area contributed by atoms with Crippen LogP contribution in [0.4, 0.5) is 4.79 Å². The lowest BCUT2D eigenvalue weighted by atomic mass is 9.74. The Balaban J connectivity index is 1.43. The summed E-state index contributed by atoms with van der Waals surface area (Å²) in [5.74, 6) is 1.21. The van der Waals surface area contributed by atoms with Crippen LogP contribution < -0.4 is 14.8 Å². The average molecular weight is 481 g/mol. The average Bonchev–Trinajstić information content (AvgIpc) is 3.18. The van der Waals surface area contributed by atoms with E-state index < -0.39 is 11.7 Å². The van der Waals surface area contributed by atoms with Crippen molar-refractivity contribution in [2.75, 3.05) is 26.8 Å². The molecule has 0 aliphatic carbocycles. The zero-order valence-corrected chi connectivity index (χ0v) is 20.7. The summed E-state index contributed by atoms with van der Waals surface area (Å²) in [6, 6.07) is 10.9. The van der Waals surface area contributed by atoms with E-state index in [1.807, 2.05) is 37.8 Å². The lowest BCUT2D eigenvalue weighted by Crippen LogP contribution is -2.46. The van der Waals surface area contributed by atoms with Gasteiger partial charge < -0.3 is 24.4 Å². The quantitative estimate of drug-likeness (QED) is 0.648. The van der Waals surface area contributed by atoms with Gasteiger partial charge in [-0.1, -0.05) is 6.07 Å². The predicted molar refractivity (Wildman–Crippen MR) is 130 cm³/mol. The number of aldehydes is 1. The van der Waals surface area contributed by atoms with Crippen LogP contribution in [-0.4, -0.2) is 55.6 Å². The Morgan fingerprint density at radius 3 is 2.54 bits per heavy atom. The summed E-state index contributed by atoms with van der Waals surface area (Å²) in [5.41, 5.74) is 2.21. The highest BCUT2D eigenvalue weighted by Crippen LogP contribution is 2.46. The molecule has 2 aliphatic rings. The van der Waals surface area contributed by atoms with Crippen LogP contribution in [-0.2, 0) is 16.7 Å².